The van der Waals surface area contributed by atoms with Crippen LogP contribution in [0.3, 0.4) is 0 Å². The Labute approximate surface area is 152 Å². The van der Waals surface area contributed by atoms with E-state index in [9.17, 15) is 9.59 Å². The fraction of sp³-hybridized carbons (Fsp3) is 0.556. The molecular formula is C18H25N5O3. The predicted octanol–water partition coefficient (Wildman–Crippen LogP) is 1.61. The van der Waals surface area contributed by atoms with E-state index in [1.54, 1.807) is 31.1 Å². The lowest BCUT2D eigenvalue weighted by atomic mass is 10.1. The van der Waals surface area contributed by atoms with Gasteiger partial charge in [0.15, 0.2) is 5.82 Å². The summed E-state index contributed by atoms with van der Waals surface area (Å²) in [7, 11) is 1.66. The summed E-state index contributed by atoms with van der Waals surface area (Å²) in [6, 6.07) is 1.70. The minimum Gasteiger partial charge on any atom is -0.385 e. The monoisotopic (exact) mass is 359 g/mol. The van der Waals surface area contributed by atoms with Crippen molar-refractivity contribution in [2.24, 2.45) is 0 Å². The molecule has 0 saturated heterocycles. The number of pyridine rings is 1. The lowest BCUT2D eigenvalue weighted by Crippen LogP contribution is -2.35. The van der Waals surface area contributed by atoms with E-state index in [4.69, 9.17) is 4.74 Å². The molecule has 0 bridgehead atoms. The SMILES string of the molecule is COCCCn1cnnc1C(C)NC(=O)c1c(C)ccn(C2CC2)c1=O. The molecule has 2 aromatic rings. The van der Waals surface area contributed by atoms with Crippen LogP contribution in [0.1, 0.15) is 60.0 Å². The number of nitrogens with one attached hydrogen (secondary N) is 1. The van der Waals surface area contributed by atoms with Gasteiger partial charge in [0.25, 0.3) is 11.5 Å². The van der Waals surface area contributed by atoms with E-state index in [1.165, 1.54) is 0 Å². The number of aromatic nitrogens is 4. The summed E-state index contributed by atoms with van der Waals surface area (Å²) in [4.78, 5) is 25.4. The third-order valence-electron chi connectivity index (χ3n) is 4.62. The summed E-state index contributed by atoms with van der Waals surface area (Å²) in [6.45, 7) is 4.97. The molecular weight excluding hydrogens is 334 g/mol. The van der Waals surface area contributed by atoms with E-state index in [1.807, 2.05) is 17.6 Å². The van der Waals surface area contributed by atoms with Gasteiger partial charge in [0.2, 0.25) is 0 Å². The Morgan fingerprint density at radius 2 is 2.23 bits per heavy atom. The van der Waals surface area contributed by atoms with Crippen molar-refractivity contribution in [1.29, 1.82) is 0 Å². The highest BCUT2D eigenvalue weighted by atomic mass is 16.5. The molecule has 1 saturated carbocycles. The predicted molar refractivity (Wildman–Crippen MR) is 96.1 cm³/mol. The van der Waals surface area contributed by atoms with Crippen molar-refractivity contribution >= 4 is 5.91 Å². The molecule has 3 rings (SSSR count). The Kier molecular flexibility index (Phi) is 5.51. The van der Waals surface area contributed by atoms with Gasteiger partial charge >= 0.3 is 0 Å². The molecule has 2 aromatic heterocycles. The standard InChI is InChI=1S/C18H25N5O3/c1-12-7-9-23(14-5-6-14)18(25)15(12)17(24)20-13(2)16-21-19-11-22(16)8-4-10-26-3/h7,9,11,13-14H,4-6,8,10H2,1-3H3,(H,20,24). The van der Waals surface area contributed by atoms with Crippen LogP contribution >= 0.6 is 0 Å². The molecule has 0 radical (unpaired) electrons. The summed E-state index contributed by atoms with van der Waals surface area (Å²) >= 11 is 0. The molecule has 0 aromatic carbocycles. The zero-order valence-electron chi connectivity index (χ0n) is 15.4. The second-order valence-corrected chi connectivity index (χ2v) is 6.74. The largest absolute Gasteiger partial charge is 0.385 e. The molecule has 0 spiro atoms. The van der Waals surface area contributed by atoms with Crippen molar-refractivity contribution in [3.63, 3.8) is 0 Å². The van der Waals surface area contributed by atoms with Gasteiger partial charge in [-0.3, -0.25) is 9.59 Å². The molecule has 2 heterocycles. The highest BCUT2D eigenvalue weighted by Gasteiger charge is 2.27. The first-order valence-corrected chi connectivity index (χ1v) is 8.92. The van der Waals surface area contributed by atoms with E-state index in [0.717, 1.165) is 19.3 Å². The van der Waals surface area contributed by atoms with E-state index in [-0.39, 0.29) is 29.1 Å². The number of aryl methyl sites for hydroxylation is 2. The molecule has 1 unspecified atom stereocenters. The zero-order chi connectivity index (χ0) is 18.7. The van der Waals surface area contributed by atoms with Crippen LogP contribution in [-0.2, 0) is 11.3 Å². The Morgan fingerprint density at radius 1 is 1.46 bits per heavy atom. The smallest absolute Gasteiger partial charge is 0.263 e. The van der Waals surface area contributed by atoms with Gasteiger partial charge in [0.05, 0.1) is 6.04 Å². The van der Waals surface area contributed by atoms with Crippen LogP contribution in [-0.4, -0.2) is 39.0 Å². The van der Waals surface area contributed by atoms with Crippen LogP contribution in [0.25, 0.3) is 0 Å². The Hall–Kier alpha value is -2.48. The fourth-order valence-electron chi connectivity index (χ4n) is 3.04. The summed E-state index contributed by atoms with van der Waals surface area (Å²) in [5.41, 5.74) is 0.661. The lowest BCUT2D eigenvalue weighted by Gasteiger charge is -2.16. The average molecular weight is 359 g/mol. The summed E-state index contributed by atoms with van der Waals surface area (Å²) in [6.07, 6.45) is 6.23. The zero-order valence-corrected chi connectivity index (χ0v) is 15.4. The number of hydrogen-bond acceptors (Lipinski definition) is 5. The first-order chi connectivity index (χ1) is 12.5. The van der Waals surface area contributed by atoms with Gasteiger partial charge in [-0.05, 0) is 44.7 Å². The Balaban J connectivity index is 1.75. The number of hydrogen-bond donors (Lipinski definition) is 1. The van der Waals surface area contributed by atoms with E-state index < -0.39 is 0 Å². The maximum absolute atomic E-state index is 12.8. The highest BCUT2D eigenvalue weighted by Crippen LogP contribution is 2.33. The molecule has 1 amide bonds. The first-order valence-electron chi connectivity index (χ1n) is 8.92. The van der Waals surface area contributed by atoms with E-state index in [0.29, 0.717) is 24.5 Å². The number of carbonyl (C=O) groups is 1. The summed E-state index contributed by atoms with van der Waals surface area (Å²) in [5.74, 6) is 0.284. The van der Waals surface area contributed by atoms with Gasteiger partial charge in [0.1, 0.15) is 11.9 Å². The second-order valence-electron chi connectivity index (χ2n) is 6.74. The number of ether oxygens (including phenoxy) is 1. The fourth-order valence-corrected chi connectivity index (χ4v) is 3.04. The second kappa shape index (κ2) is 7.82. The van der Waals surface area contributed by atoms with Gasteiger partial charge in [0, 0.05) is 32.5 Å². The van der Waals surface area contributed by atoms with Crippen LogP contribution in [0.5, 0.6) is 0 Å². The number of carbonyl (C=O) groups excluding carboxylic acids is 1. The quantitative estimate of drug-likeness (QED) is 0.723. The lowest BCUT2D eigenvalue weighted by molar-refractivity contribution is 0.0934. The van der Waals surface area contributed by atoms with Crippen molar-refractivity contribution in [2.75, 3.05) is 13.7 Å². The minimum atomic E-state index is -0.374. The van der Waals surface area contributed by atoms with Gasteiger partial charge in [-0.2, -0.15) is 0 Å². The van der Waals surface area contributed by atoms with Crippen molar-refractivity contribution in [2.45, 2.75) is 51.7 Å². The molecule has 1 N–H and O–H groups in total. The first kappa shape index (κ1) is 18.3. The van der Waals surface area contributed by atoms with Crippen molar-refractivity contribution < 1.29 is 9.53 Å². The molecule has 1 atom stereocenters. The van der Waals surface area contributed by atoms with E-state index >= 15 is 0 Å². The molecule has 1 fully saturated rings. The number of rotatable bonds is 8. The maximum Gasteiger partial charge on any atom is 0.263 e. The number of methoxy groups -OCH3 is 1. The third-order valence-corrected chi connectivity index (χ3v) is 4.62. The number of amides is 1. The van der Waals surface area contributed by atoms with Crippen molar-refractivity contribution in [1.82, 2.24) is 24.6 Å². The van der Waals surface area contributed by atoms with Gasteiger partial charge in [-0.15, -0.1) is 10.2 Å². The molecule has 1 aliphatic rings. The topological polar surface area (TPSA) is 91.0 Å². The van der Waals surface area contributed by atoms with Crippen LogP contribution in [0.4, 0.5) is 0 Å². The van der Waals surface area contributed by atoms with Crippen molar-refractivity contribution in [3.8, 4) is 0 Å². The van der Waals surface area contributed by atoms with Crippen LogP contribution in [0.15, 0.2) is 23.4 Å². The minimum absolute atomic E-state index is 0.205. The average Bonchev–Trinajstić information content (AvgIpc) is 3.32. The van der Waals surface area contributed by atoms with Crippen LogP contribution in [0.2, 0.25) is 0 Å². The molecule has 140 valence electrons. The molecule has 8 heteroatoms. The molecule has 0 aliphatic heterocycles. The highest BCUT2D eigenvalue weighted by molar-refractivity contribution is 5.95. The normalized spacial score (nSPS) is 15.0. The Morgan fingerprint density at radius 3 is 2.92 bits per heavy atom. The Bertz CT molecular complexity index is 838. The summed E-state index contributed by atoms with van der Waals surface area (Å²) < 4.78 is 8.62. The van der Waals surface area contributed by atoms with Gasteiger partial charge in [-0.1, -0.05) is 0 Å². The molecule has 26 heavy (non-hydrogen) atoms. The van der Waals surface area contributed by atoms with Gasteiger partial charge in [-0.25, -0.2) is 0 Å². The van der Waals surface area contributed by atoms with Crippen LogP contribution in [0, 0.1) is 6.92 Å². The summed E-state index contributed by atoms with van der Waals surface area (Å²) in [5, 5.41) is 10.9. The molecule has 8 nitrogen and oxygen atoms in total. The van der Waals surface area contributed by atoms with Crippen LogP contribution < -0.4 is 10.9 Å². The number of nitrogens with zero attached hydrogens (tertiary/aromatic N) is 4. The third kappa shape index (κ3) is 3.85. The maximum atomic E-state index is 12.8. The van der Waals surface area contributed by atoms with Crippen molar-refractivity contribution in [3.05, 3.63) is 45.9 Å². The van der Waals surface area contributed by atoms with Gasteiger partial charge < -0.3 is 19.2 Å². The van der Waals surface area contributed by atoms with E-state index in [2.05, 4.69) is 15.5 Å². The molecule has 1 aliphatic carbocycles.